The second kappa shape index (κ2) is 4.71. The van der Waals surface area contributed by atoms with Crippen molar-refractivity contribution in [2.45, 2.75) is 0 Å². The molecule has 0 saturated carbocycles. The predicted octanol–water partition coefficient (Wildman–Crippen LogP) is 2.80. The van der Waals surface area contributed by atoms with Gasteiger partial charge in [-0.05, 0) is 18.2 Å². The van der Waals surface area contributed by atoms with Crippen molar-refractivity contribution >= 4 is 38.7 Å². The van der Waals surface area contributed by atoms with Crippen molar-refractivity contribution in [2.75, 3.05) is 12.4 Å². The first-order valence-electron chi connectivity index (χ1n) is 4.87. The lowest BCUT2D eigenvalue weighted by atomic mass is 10.1. The standard InChI is InChI=1S/C12H9BrO4/c1-16-12(15)8-3-2-7-4-11(9(14)6-13)17-10(7)5-8/h2-5H,6H2,1H3. The molecule has 0 radical (unpaired) electrons. The second-order valence-corrected chi connectivity index (χ2v) is 3.97. The topological polar surface area (TPSA) is 56.5 Å². The van der Waals surface area contributed by atoms with Gasteiger partial charge in [0, 0.05) is 5.39 Å². The molecule has 0 aliphatic rings. The van der Waals surface area contributed by atoms with Crippen LogP contribution in [0.5, 0.6) is 0 Å². The minimum atomic E-state index is -0.434. The zero-order valence-corrected chi connectivity index (χ0v) is 10.6. The third-order valence-corrected chi connectivity index (χ3v) is 2.85. The van der Waals surface area contributed by atoms with Crippen molar-refractivity contribution in [3.63, 3.8) is 0 Å². The lowest BCUT2D eigenvalue weighted by Gasteiger charge is -1.97. The molecule has 5 heteroatoms. The van der Waals surface area contributed by atoms with Crippen LogP contribution in [0.15, 0.2) is 28.7 Å². The quantitative estimate of drug-likeness (QED) is 0.496. The average Bonchev–Trinajstić information content (AvgIpc) is 2.79. The van der Waals surface area contributed by atoms with E-state index in [0.717, 1.165) is 5.39 Å². The molecule has 0 amide bonds. The number of ketones is 1. The lowest BCUT2D eigenvalue weighted by Crippen LogP contribution is -1.99. The fraction of sp³-hybridized carbons (Fsp3) is 0.167. The highest BCUT2D eigenvalue weighted by Crippen LogP contribution is 2.21. The molecule has 2 aromatic rings. The van der Waals surface area contributed by atoms with E-state index in [1.165, 1.54) is 7.11 Å². The molecular weight excluding hydrogens is 288 g/mol. The number of carbonyl (C=O) groups is 2. The zero-order chi connectivity index (χ0) is 12.4. The summed E-state index contributed by atoms with van der Waals surface area (Å²) in [6, 6.07) is 6.56. The van der Waals surface area contributed by atoms with E-state index in [2.05, 4.69) is 20.7 Å². The molecule has 88 valence electrons. The van der Waals surface area contributed by atoms with Crippen LogP contribution in [0.4, 0.5) is 0 Å². The molecule has 0 fully saturated rings. The van der Waals surface area contributed by atoms with Crippen LogP contribution in [0.2, 0.25) is 0 Å². The van der Waals surface area contributed by atoms with Gasteiger partial charge in [-0.1, -0.05) is 22.0 Å². The number of ether oxygens (including phenoxy) is 1. The Morgan fingerprint density at radius 3 is 2.76 bits per heavy atom. The maximum Gasteiger partial charge on any atom is 0.337 e. The van der Waals surface area contributed by atoms with E-state index < -0.39 is 5.97 Å². The number of fused-ring (bicyclic) bond motifs is 1. The van der Waals surface area contributed by atoms with E-state index in [9.17, 15) is 9.59 Å². The van der Waals surface area contributed by atoms with Gasteiger partial charge in [-0.3, -0.25) is 4.79 Å². The largest absolute Gasteiger partial charge is 0.465 e. The monoisotopic (exact) mass is 296 g/mol. The van der Waals surface area contributed by atoms with Gasteiger partial charge in [0.05, 0.1) is 18.0 Å². The summed E-state index contributed by atoms with van der Waals surface area (Å²) in [4.78, 5) is 22.7. The molecule has 0 N–H and O–H groups in total. The lowest BCUT2D eigenvalue weighted by molar-refractivity contribution is 0.0600. The van der Waals surface area contributed by atoms with E-state index in [1.54, 1.807) is 24.3 Å². The van der Waals surface area contributed by atoms with Crippen LogP contribution in [-0.2, 0) is 4.74 Å². The average molecular weight is 297 g/mol. The molecule has 0 spiro atoms. The van der Waals surface area contributed by atoms with Gasteiger partial charge in [0.2, 0.25) is 5.78 Å². The Hall–Kier alpha value is -1.62. The van der Waals surface area contributed by atoms with E-state index in [1.807, 2.05) is 0 Å². The minimum Gasteiger partial charge on any atom is -0.465 e. The summed E-state index contributed by atoms with van der Waals surface area (Å²) in [5.74, 6) is -0.295. The van der Waals surface area contributed by atoms with E-state index in [0.29, 0.717) is 11.1 Å². The SMILES string of the molecule is COC(=O)c1ccc2cc(C(=O)CBr)oc2c1. The van der Waals surface area contributed by atoms with Gasteiger partial charge in [-0.2, -0.15) is 0 Å². The molecule has 4 nitrogen and oxygen atoms in total. The number of benzene rings is 1. The smallest absolute Gasteiger partial charge is 0.337 e. The Morgan fingerprint density at radius 2 is 2.12 bits per heavy atom. The summed E-state index contributed by atoms with van der Waals surface area (Å²) in [5.41, 5.74) is 0.893. The molecule has 0 aliphatic heterocycles. The summed E-state index contributed by atoms with van der Waals surface area (Å²) < 4.78 is 9.97. The Morgan fingerprint density at radius 1 is 1.35 bits per heavy atom. The molecule has 0 saturated heterocycles. The van der Waals surface area contributed by atoms with E-state index in [4.69, 9.17) is 4.42 Å². The fourth-order valence-corrected chi connectivity index (χ4v) is 1.76. The van der Waals surface area contributed by atoms with Crippen LogP contribution in [0.1, 0.15) is 20.9 Å². The molecule has 17 heavy (non-hydrogen) atoms. The maximum atomic E-state index is 11.4. The van der Waals surface area contributed by atoms with Gasteiger partial charge in [0.1, 0.15) is 5.58 Å². The van der Waals surface area contributed by atoms with Crippen molar-refractivity contribution in [1.29, 1.82) is 0 Å². The number of Topliss-reactive ketones (excluding diaryl/α,β-unsaturated/α-hetero) is 1. The third-order valence-electron chi connectivity index (χ3n) is 2.34. The third kappa shape index (κ3) is 2.24. The zero-order valence-electron chi connectivity index (χ0n) is 9.03. The molecule has 0 atom stereocenters. The predicted molar refractivity (Wildman–Crippen MR) is 65.7 cm³/mol. The van der Waals surface area contributed by atoms with Gasteiger partial charge in [-0.15, -0.1) is 0 Å². The molecule has 1 aromatic heterocycles. The van der Waals surface area contributed by atoms with Crippen molar-refractivity contribution in [3.05, 3.63) is 35.6 Å². The number of halogens is 1. The molecule has 0 unspecified atom stereocenters. The highest BCUT2D eigenvalue weighted by molar-refractivity contribution is 9.09. The molecule has 0 bridgehead atoms. The second-order valence-electron chi connectivity index (χ2n) is 3.41. The number of methoxy groups -OCH3 is 1. The summed E-state index contributed by atoms with van der Waals surface area (Å²) in [6.07, 6.45) is 0. The summed E-state index contributed by atoms with van der Waals surface area (Å²) in [6.45, 7) is 0. The van der Waals surface area contributed by atoms with Crippen LogP contribution < -0.4 is 0 Å². The van der Waals surface area contributed by atoms with E-state index in [-0.39, 0.29) is 16.9 Å². The number of alkyl halides is 1. The number of rotatable bonds is 3. The maximum absolute atomic E-state index is 11.4. The first-order valence-corrected chi connectivity index (χ1v) is 5.99. The summed E-state index contributed by atoms with van der Waals surface area (Å²) >= 11 is 3.07. The van der Waals surface area contributed by atoms with Gasteiger partial charge < -0.3 is 9.15 Å². The Labute approximate surface area is 106 Å². The Balaban J connectivity index is 2.48. The minimum absolute atomic E-state index is 0.138. The van der Waals surface area contributed by atoms with Gasteiger partial charge in [-0.25, -0.2) is 4.79 Å². The van der Waals surface area contributed by atoms with Crippen molar-refractivity contribution in [2.24, 2.45) is 0 Å². The highest BCUT2D eigenvalue weighted by atomic mass is 79.9. The van der Waals surface area contributed by atoms with Crippen LogP contribution in [0.3, 0.4) is 0 Å². The molecule has 0 aliphatic carbocycles. The van der Waals surface area contributed by atoms with Crippen LogP contribution >= 0.6 is 15.9 Å². The van der Waals surface area contributed by atoms with Crippen molar-refractivity contribution < 1.29 is 18.7 Å². The number of hydrogen-bond donors (Lipinski definition) is 0. The summed E-state index contributed by atoms with van der Waals surface area (Å²) in [5, 5.41) is 0.985. The number of esters is 1. The molecule has 1 heterocycles. The van der Waals surface area contributed by atoms with Crippen molar-refractivity contribution in [1.82, 2.24) is 0 Å². The highest BCUT2D eigenvalue weighted by Gasteiger charge is 2.13. The molecule has 1 aromatic carbocycles. The normalized spacial score (nSPS) is 10.5. The van der Waals surface area contributed by atoms with Crippen LogP contribution in [0, 0.1) is 0 Å². The fourth-order valence-electron chi connectivity index (χ4n) is 1.48. The van der Waals surface area contributed by atoms with E-state index >= 15 is 0 Å². The number of hydrogen-bond acceptors (Lipinski definition) is 4. The van der Waals surface area contributed by atoms with Gasteiger partial charge in [0.15, 0.2) is 5.76 Å². The first-order chi connectivity index (χ1) is 8.15. The molecular formula is C12H9BrO4. The van der Waals surface area contributed by atoms with Crippen LogP contribution in [0.25, 0.3) is 11.0 Å². The van der Waals surface area contributed by atoms with Crippen molar-refractivity contribution in [3.8, 4) is 0 Å². The van der Waals surface area contributed by atoms with Gasteiger partial charge in [0.25, 0.3) is 0 Å². The van der Waals surface area contributed by atoms with Gasteiger partial charge >= 0.3 is 5.97 Å². The number of furan rings is 1. The first kappa shape index (κ1) is 11.9. The molecule has 2 rings (SSSR count). The Kier molecular flexibility index (Phi) is 3.28. The number of carbonyl (C=O) groups excluding carboxylic acids is 2. The summed E-state index contributed by atoms with van der Waals surface area (Å²) in [7, 11) is 1.31. The Bertz CT molecular complexity index is 571. The van der Waals surface area contributed by atoms with Crippen LogP contribution in [-0.4, -0.2) is 24.2 Å².